The van der Waals surface area contributed by atoms with Crippen molar-refractivity contribution in [1.29, 1.82) is 0 Å². The fraction of sp³-hybridized carbons (Fsp3) is 0.458. The summed E-state index contributed by atoms with van der Waals surface area (Å²) in [5.41, 5.74) is 9.65. The van der Waals surface area contributed by atoms with Crippen LogP contribution in [0.4, 0.5) is 0 Å². The number of carbonyl (C=O) groups excluding carboxylic acids is 1. The zero-order valence-electron chi connectivity index (χ0n) is 16.9. The summed E-state index contributed by atoms with van der Waals surface area (Å²) in [5.74, 6) is -0.00760. The minimum atomic E-state index is -0.270. The Morgan fingerprint density at radius 1 is 1.04 bits per heavy atom. The van der Waals surface area contributed by atoms with Gasteiger partial charge in [0, 0.05) is 31.6 Å². The molecule has 0 radical (unpaired) electrons. The Labute approximate surface area is 169 Å². The van der Waals surface area contributed by atoms with E-state index in [0.717, 1.165) is 12.1 Å². The molecule has 1 aliphatic rings. The molecule has 28 heavy (non-hydrogen) atoms. The van der Waals surface area contributed by atoms with Gasteiger partial charge in [0.25, 0.3) is 0 Å². The Balaban J connectivity index is 1.53. The lowest BCUT2D eigenvalue weighted by Crippen LogP contribution is -2.33. The highest BCUT2D eigenvalue weighted by Crippen LogP contribution is 2.23. The lowest BCUT2D eigenvalue weighted by atomic mass is 9.94. The Kier molecular flexibility index (Phi) is 7.63. The Bertz CT molecular complexity index is 741. The van der Waals surface area contributed by atoms with Crippen molar-refractivity contribution >= 4 is 5.91 Å². The molecular formula is C24H33N3O. The Hall–Kier alpha value is -2.17. The van der Waals surface area contributed by atoms with Gasteiger partial charge in [0.15, 0.2) is 0 Å². The van der Waals surface area contributed by atoms with Gasteiger partial charge in [-0.2, -0.15) is 0 Å². The summed E-state index contributed by atoms with van der Waals surface area (Å²) < 4.78 is 0. The van der Waals surface area contributed by atoms with E-state index < -0.39 is 0 Å². The average molecular weight is 380 g/mol. The maximum atomic E-state index is 12.4. The van der Waals surface area contributed by atoms with Gasteiger partial charge in [0.05, 0.1) is 0 Å². The minimum absolute atomic E-state index is 0.00760. The van der Waals surface area contributed by atoms with E-state index in [2.05, 4.69) is 35.5 Å². The van der Waals surface area contributed by atoms with Crippen LogP contribution in [0.15, 0.2) is 54.6 Å². The minimum Gasteiger partial charge on any atom is -0.352 e. The van der Waals surface area contributed by atoms with Crippen LogP contribution in [0.2, 0.25) is 0 Å². The number of hydrogen-bond donors (Lipinski definition) is 2. The molecule has 3 rings (SSSR count). The monoisotopic (exact) mass is 379 g/mol. The van der Waals surface area contributed by atoms with Crippen LogP contribution in [0.1, 0.15) is 61.3 Å². The number of carbonyl (C=O) groups is 1. The maximum Gasteiger partial charge on any atom is 0.222 e. The van der Waals surface area contributed by atoms with Crippen molar-refractivity contribution in [3.8, 4) is 0 Å². The molecule has 150 valence electrons. The molecule has 1 unspecified atom stereocenters. The molecule has 3 N–H and O–H groups in total. The summed E-state index contributed by atoms with van der Waals surface area (Å²) in [6.45, 7) is 1.48. The van der Waals surface area contributed by atoms with Crippen molar-refractivity contribution in [2.45, 2.75) is 63.7 Å². The van der Waals surface area contributed by atoms with Crippen molar-refractivity contribution < 1.29 is 4.79 Å². The molecule has 1 atom stereocenters. The molecule has 1 saturated carbocycles. The molecule has 2 aromatic rings. The fourth-order valence-corrected chi connectivity index (χ4v) is 4.09. The standard InChI is InChI=1S/C24H33N3O/c1-27(22-14-6-3-7-15-22)18-21-13-9-8-12-20(21)17-26-24(28)16-23(25)19-10-4-2-5-11-19/h2,4-5,8-13,22-23H,3,6-7,14-18,25H2,1H3,(H,26,28). The van der Waals surface area contributed by atoms with Crippen LogP contribution < -0.4 is 11.1 Å². The van der Waals surface area contributed by atoms with Gasteiger partial charge in [-0.15, -0.1) is 0 Å². The number of rotatable bonds is 8. The highest BCUT2D eigenvalue weighted by Gasteiger charge is 2.19. The van der Waals surface area contributed by atoms with Crippen molar-refractivity contribution in [1.82, 2.24) is 10.2 Å². The Morgan fingerprint density at radius 3 is 2.39 bits per heavy atom. The van der Waals surface area contributed by atoms with E-state index in [1.54, 1.807) is 0 Å². The van der Waals surface area contributed by atoms with Crippen LogP contribution in [0.25, 0.3) is 0 Å². The predicted octanol–water partition coefficient (Wildman–Crippen LogP) is 4.16. The van der Waals surface area contributed by atoms with Gasteiger partial charge in [0.2, 0.25) is 5.91 Å². The van der Waals surface area contributed by atoms with Gasteiger partial charge in [0.1, 0.15) is 0 Å². The van der Waals surface area contributed by atoms with Crippen molar-refractivity contribution in [2.24, 2.45) is 5.73 Å². The number of nitrogens with one attached hydrogen (secondary N) is 1. The third kappa shape index (κ3) is 5.91. The van der Waals surface area contributed by atoms with E-state index in [0.29, 0.717) is 19.0 Å². The molecule has 0 aliphatic heterocycles. The number of hydrogen-bond acceptors (Lipinski definition) is 3. The summed E-state index contributed by atoms with van der Waals surface area (Å²) >= 11 is 0. The van der Waals surface area contributed by atoms with Gasteiger partial charge in [-0.05, 0) is 36.6 Å². The zero-order valence-corrected chi connectivity index (χ0v) is 16.9. The lowest BCUT2D eigenvalue weighted by Gasteiger charge is -2.31. The molecule has 1 amide bonds. The normalized spacial score (nSPS) is 16.1. The van der Waals surface area contributed by atoms with Crippen LogP contribution in [0.5, 0.6) is 0 Å². The lowest BCUT2D eigenvalue weighted by molar-refractivity contribution is -0.121. The van der Waals surface area contributed by atoms with E-state index in [-0.39, 0.29) is 11.9 Å². The first-order valence-electron chi connectivity index (χ1n) is 10.5. The second kappa shape index (κ2) is 10.4. The number of nitrogens with zero attached hydrogens (tertiary/aromatic N) is 1. The molecule has 0 saturated heterocycles. The fourth-order valence-electron chi connectivity index (χ4n) is 4.09. The van der Waals surface area contributed by atoms with Crippen molar-refractivity contribution in [3.05, 3.63) is 71.3 Å². The predicted molar refractivity (Wildman–Crippen MR) is 115 cm³/mol. The zero-order chi connectivity index (χ0) is 19.8. The van der Waals surface area contributed by atoms with Crippen LogP contribution in [0.3, 0.4) is 0 Å². The van der Waals surface area contributed by atoms with Crippen LogP contribution in [-0.2, 0) is 17.9 Å². The molecule has 4 nitrogen and oxygen atoms in total. The first kappa shape index (κ1) is 20.6. The van der Waals surface area contributed by atoms with Crippen molar-refractivity contribution in [3.63, 3.8) is 0 Å². The largest absolute Gasteiger partial charge is 0.352 e. The highest BCUT2D eigenvalue weighted by atomic mass is 16.1. The van der Waals surface area contributed by atoms with E-state index in [1.165, 1.54) is 43.2 Å². The summed E-state index contributed by atoms with van der Waals surface area (Å²) in [5, 5.41) is 3.06. The quantitative estimate of drug-likeness (QED) is 0.724. The summed E-state index contributed by atoms with van der Waals surface area (Å²) in [6.07, 6.45) is 6.95. The van der Waals surface area contributed by atoms with Crippen molar-refractivity contribution in [2.75, 3.05) is 7.05 Å². The topological polar surface area (TPSA) is 58.4 Å². The third-order valence-electron chi connectivity index (χ3n) is 5.85. The molecular weight excluding hydrogens is 346 g/mol. The molecule has 0 heterocycles. The molecule has 2 aromatic carbocycles. The summed E-state index contributed by atoms with van der Waals surface area (Å²) in [6, 6.07) is 18.6. The van der Waals surface area contributed by atoms with E-state index in [4.69, 9.17) is 5.73 Å². The molecule has 4 heteroatoms. The van der Waals surface area contributed by atoms with E-state index >= 15 is 0 Å². The molecule has 1 aliphatic carbocycles. The maximum absolute atomic E-state index is 12.4. The van der Waals surface area contributed by atoms with Gasteiger partial charge in [-0.25, -0.2) is 0 Å². The first-order valence-corrected chi connectivity index (χ1v) is 10.5. The highest BCUT2D eigenvalue weighted by molar-refractivity contribution is 5.76. The molecule has 0 bridgehead atoms. The van der Waals surface area contributed by atoms with Gasteiger partial charge < -0.3 is 11.1 Å². The third-order valence-corrected chi connectivity index (χ3v) is 5.85. The first-order chi connectivity index (χ1) is 13.6. The average Bonchev–Trinajstić information content (AvgIpc) is 2.74. The van der Waals surface area contributed by atoms with Crippen LogP contribution in [-0.4, -0.2) is 23.9 Å². The number of amides is 1. The summed E-state index contributed by atoms with van der Waals surface area (Å²) in [7, 11) is 2.23. The van der Waals surface area contributed by atoms with Crippen LogP contribution >= 0.6 is 0 Å². The number of nitrogens with two attached hydrogens (primary N) is 1. The molecule has 0 aromatic heterocycles. The van der Waals surface area contributed by atoms with Gasteiger partial charge in [-0.3, -0.25) is 9.69 Å². The molecule has 1 fully saturated rings. The Morgan fingerprint density at radius 2 is 1.68 bits per heavy atom. The van der Waals surface area contributed by atoms with Gasteiger partial charge in [-0.1, -0.05) is 73.9 Å². The van der Waals surface area contributed by atoms with Crippen LogP contribution in [0, 0.1) is 0 Å². The second-order valence-electron chi connectivity index (χ2n) is 7.97. The SMILES string of the molecule is CN(Cc1ccccc1CNC(=O)CC(N)c1ccccc1)C1CCCCC1. The van der Waals surface area contributed by atoms with E-state index in [1.807, 2.05) is 36.4 Å². The van der Waals surface area contributed by atoms with E-state index in [9.17, 15) is 4.79 Å². The number of benzene rings is 2. The smallest absolute Gasteiger partial charge is 0.222 e. The van der Waals surface area contributed by atoms with Gasteiger partial charge >= 0.3 is 0 Å². The second-order valence-corrected chi connectivity index (χ2v) is 7.97. The molecule has 0 spiro atoms. The summed E-state index contributed by atoms with van der Waals surface area (Å²) in [4.78, 5) is 14.9.